The van der Waals surface area contributed by atoms with Gasteiger partial charge in [-0.2, -0.15) is 0 Å². The van der Waals surface area contributed by atoms with Crippen molar-refractivity contribution in [3.63, 3.8) is 0 Å². The highest BCUT2D eigenvalue weighted by Crippen LogP contribution is 2.32. The molecule has 1 aromatic rings. The fourth-order valence-electron chi connectivity index (χ4n) is 2.85. The largest absolute Gasteiger partial charge is 0.371 e. The Morgan fingerprint density at radius 1 is 1.20 bits per heavy atom. The Morgan fingerprint density at radius 2 is 1.90 bits per heavy atom. The number of aryl methyl sites for hydroxylation is 1. The summed E-state index contributed by atoms with van der Waals surface area (Å²) in [6.45, 7) is 13.7. The zero-order valence-electron chi connectivity index (χ0n) is 13.6. The van der Waals surface area contributed by atoms with Crippen LogP contribution in [0.4, 0.5) is 5.69 Å². The second kappa shape index (κ2) is 6.62. The molecule has 1 saturated heterocycles. The molecule has 0 saturated carbocycles. The lowest BCUT2D eigenvalue weighted by Crippen LogP contribution is -2.37. The number of rotatable bonds is 5. The SMILES string of the molecule is CCCNCc1ccc(N2CCC(C)(C)CC2)cc1C. The summed E-state index contributed by atoms with van der Waals surface area (Å²) in [6.07, 6.45) is 3.79. The van der Waals surface area contributed by atoms with Gasteiger partial charge in [-0.1, -0.05) is 26.8 Å². The monoisotopic (exact) mass is 274 g/mol. The van der Waals surface area contributed by atoms with Gasteiger partial charge in [-0.25, -0.2) is 0 Å². The fourth-order valence-corrected chi connectivity index (χ4v) is 2.85. The molecule has 0 aromatic heterocycles. The van der Waals surface area contributed by atoms with Gasteiger partial charge >= 0.3 is 0 Å². The molecule has 1 N–H and O–H groups in total. The molecule has 0 bridgehead atoms. The molecule has 1 aliphatic rings. The summed E-state index contributed by atoms with van der Waals surface area (Å²) in [5.74, 6) is 0. The van der Waals surface area contributed by atoms with Crippen molar-refractivity contribution in [3.8, 4) is 0 Å². The van der Waals surface area contributed by atoms with E-state index in [-0.39, 0.29) is 0 Å². The number of benzene rings is 1. The van der Waals surface area contributed by atoms with E-state index in [1.807, 2.05) is 0 Å². The van der Waals surface area contributed by atoms with Crippen molar-refractivity contribution >= 4 is 5.69 Å². The van der Waals surface area contributed by atoms with E-state index in [4.69, 9.17) is 0 Å². The van der Waals surface area contributed by atoms with E-state index >= 15 is 0 Å². The lowest BCUT2D eigenvalue weighted by Gasteiger charge is -2.38. The number of piperidine rings is 1. The summed E-state index contributed by atoms with van der Waals surface area (Å²) in [7, 11) is 0. The highest BCUT2D eigenvalue weighted by Gasteiger charge is 2.25. The Morgan fingerprint density at radius 3 is 2.50 bits per heavy atom. The lowest BCUT2D eigenvalue weighted by atomic mass is 9.82. The smallest absolute Gasteiger partial charge is 0.0369 e. The average Bonchev–Trinajstić information content (AvgIpc) is 2.41. The van der Waals surface area contributed by atoms with E-state index in [0.29, 0.717) is 5.41 Å². The molecule has 20 heavy (non-hydrogen) atoms. The van der Waals surface area contributed by atoms with Crippen LogP contribution in [0.15, 0.2) is 18.2 Å². The topological polar surface area (TPSA) is 15.3 Å². The molecule has 0 amide bonds. The first-order valence-corrected chi connectivity index (χ1v) is 8.07. The third kappa shape index (κ3) is 3.99. The first-order chi connectivity index (χ1) is 9.52. The molecule has 2 rings (SSSR count). The average molecular weight is 274 g/mol. The Bertz CT molecular complexity index is 427. The molecular formula is C18H30N2. The molecule has 1 heterocycles. The van der Waals surface area contributed by atoms with Crippen LogP contribution in [0.2, 0.25) is 0 Å². The minimum atomic E-state index is 0.523. The van der Waals surface area contributed by atoms with Crippen LogP contribution in [0.3, 0.4) is 0 Å². The predicted octanol–water partition coefficient (Wildman–Crippen LogP) is 4.12. The van der Waals surface area contributed by atoms with Crippen LogP contribution in [-0.2, 0) is 6.54 Å². The van der Waals surface area contributed by atoms with Crippen LogP contribution >= 0.6 is 0 Å². The molecule has 0 spiro atoms. The standard InChI is InChI=1S/C18H30N2/c1-5-10-19-14-16-6-7-17(13-15(16)2)20-11-8-18(3,4)9-12-20/h6-7,13,19H,5,8-12,14H2,1-4H3. The second-order valence-corrected chi connectivity index (χ2v) is 6.94. The zero-order chi connectivity index (χ0) is 14.6. The van der Waals surface area contributed by atoms with E-state index in [2.05, 4.69) is 56.1 Å². The number of hydrogen-bond acceptors (Lipinski definition) is 2. The Kier molecular flexibility index (Phi) is 5.09. The van der Waals surface area contributed by atoms with Crippen molar-refractivity contribution in [2.75, 3.05) is 24.5 Å². The van der Waals surface area contributed by atoms with E-state index < -0.39 is 0 Å². The molecule has 0 atom stereocenters. The minimum absolute atomic E-state index is 0.523. The van der Waals surface area contributed by atoms with Gasteiger partial charge in [-0.05, 0) is 61.4 Å². The first kappa shape index (κ1) is 15.4. The molecule has 112 valence electrons. The summed E-state index contributed by atoms with van der Waals surface area (Å²) in [5.41, 5.74) is 4.77. The van der Waals surface area contributed by atoms with E-state index in [1.54, 1.807) is 0 Å². The van der Waals surface area contributed by atoms with Gasteiger partial charge in [0.2, 0.25) is 0 Å². The molecular weight excluding hydrogens is 244 g/mol. The first-order valence-electron chi connectivity index (χ1n) is 8.07. The predicted molar refractivity (Wildman–Crippen MR) is 88.4 cm³/mol. The normalized spacial score (nSPS) is 18.3. The van der Waals surface area contributed by atoms with Crippen LogP contribution in [0.5, 0.6) is 0 Å². The van der Waals surface area contributed by atoms with Gasteiger partial charge in [0.05, 0.1) is 0 Å². The maximum atomic E-state index is 3.49. The van der Waals surface area contributed by atoms with Crippen LogP contribution < -0.4 is 10.2 Å². The Balaban J connectivity index is 1.98. The van der Waals surface area contributed by atoms with Crippen LogP contribution in [0, 0.1) is 12.3 Å². The van der Waals surface area contributed by atoms with E-state index in [9.17, 15) is 0 Å². The van der Waals surface area contributed by atoms with Gasteiger partial charge < -0.3 is 10.2 Å². The van der Waals surface area contributed by atoms with Gasteiger partial charge in [0.15, 0.2) is 0 Å². The van der Waals surface area contributed by atoms with E-state index in [0.717, 1.165) is 13.1 Å². The number of nitrogens with zero attached hydrogens (tertiary/aromatic N) is 1. The minimum Gasteiger partial charge on any atom is -0.371 e. The van der Waals surface area contributed by atoms with Crippen molar-refractivity contribution in [2.45, 2.75) is 53.5 Å². The zero-order valence-corrected chi connectivity index (χ0v) is 13.6. The summed E-state index contributed by atoms with van der Waals surface area (Å²) >= 11 is 0. The maximum absolute atomic E-state index is 3.49. The van der Waals surface area contributed by atoms with Gasteiger partial charge in [0.1, 0.15) is 0 Å². The maximum Gasteiger partial charge on any atom is 0.0369 e. The highest BCUT2D eigenvalue weighted by molar-refractivity contribution is 5.51. The van der Waals surface area contributed by atoms with Gasteiger partial charge in [-0.3, -0.25) is 0 Å². The van der Waals surface area contributed by atoms with Crippen LogP contribution in [0.25, 0.3) is 0 Å². The third-order valence-electron chi connectivity index (χ3n) is 4.55. The molecule has 0 aliphatic carbocycles. The lowest BCUT2D eigenvalue weighted by molar-refractivity contribution is 0.280. The molecule has 0 radical (unpaired) electrons. The van der Waals surface area contributed by atoms with Gasteiger partial charge in [0.25, 0.3) is 0 Å². The molecule has 1 fully saturated rings. The van der Waals surface area contributed by atoms with Crippen molar-refractivity contribution in [3.05, 3.63) is 29.3 Å². The molecule has 1 aliphatic heterocycles. The van der Waals surface area contributed by atoms with Gasteiger partial charge in [0, 0.05) is 25.3 Å². The van der Waals surface area contributed by atoms with Gasteiger partial charge in [-0.15, -0.1) is 0 Å². The second-order valence-electron chi connectivity index (χ2n) is 6.94. The highest BCUT2D eigenvalue weighted by atomic mass is 15.1. The number of hydrogen-bond donors (Lipinski definition) is 1. The molecule has 2 nitrogen and oxygen atoms in total. The van der Waals surface area contributed by atoms with Crippen molar-refractivity contribution in [1.82, 2.24) is 5.32 Å². The number of nitrogens with one attached hydrogen (secondary N) is 1. The molecule has 1 aromatic carbocycles. The van der Waals surface area contributed by atoms with Crippen molar-refractivity contribution in [1.29, 1.82) is 0 Å². The summed E-state index contributed by atoms with van der Waals surface area (Å²) in [4.78, 5) is 2.54. The Labute approximate surface area is 124 Å². The van der Waals surface area contributed by atoms with Crippen LogP contribution in [0.1, 0.15) is 51.2 Å². The van der Waals surface area contributed by atoms with E-state index in [1.165, 1.54) is 49.2 Å². The Hall–Kier alpha value is -1.02. The summed E-state index contributed by atoms with van der Waals surface area (Å²) in [6, 6.07) is 6.96. The molecule has 2 heteroatoms. The summed E-state index contributed by atoms with van der Waals surface area (Å²) < 4.78 is 0. The summed E-state index contributed by atoms with van der Waals surface area (Å²) in [5, 5.41) is 3.49. The number of anilines is 1. The van der Waals surface area contributed by atoms with Crippen molar-refractivity contribution in [2.24, 2.45) is 5.41 Å². The molecule has 0 unspecified atom stereocenters. The fraction of sp³-hybridized carbons (Fsp3) is 0.667. The van der Waals surface area contributed by atoms with Crippen molar-refractivity contribution < 1.29 is 0 Å². The third-order valence-corrected chi connectivity index (χ3v) is 4.55. The quantitative estimate of drug-likeness (QED) is 0.813. The van der Waals surface area contributed by atoms with Crippen LogP contribution in [-0.4, -0.2) is 19.6 Å².